The fourth-order valence-corrected chi connectivity index (χ4v) is 1.56. The smallest absolute Gasteiger partial charge is 0.353 e. The number of nitrogens with zero attached hydrogens (tertiary/aromatic N) is 3. The molecule has 1 aromatic heterocycles. The van der Waals surface area contributed by atoms with Crippen molar-refractivity contribution in [2.45, 2.75) is 19.9 Å². The molecule has 0 aliphatic rings. The first-order valence-electron chi connectivity index (χ1n) is 4.97. The zero-order valence-corrected chi connectivity index (χ0v) is 9.54. The van der Waals surface area contributed by atoms with Crippen molar-refractivity contribution in [2.24, 2.45) is 7.05 Å². The minimum Gasteiger partial charge on any atom is -0.396 e. The minimum absolute atomic E-state index is 0.0107. The summed E-state index contributed by atoms with van der Waals surface area (Å²) in [7, 11) is 1.19. The Morgan fingerprint density at radius 3 is 2.47 bits per heavy atom. The van der Waals surface area contributed by atoms with Crippen LogP contribution in [0.2, 0.25) is 0 Å². The summed E-state index contributed by atoms with van der Waals surface area (Å²) in [6.07, 6.45) is 0.288. The van der Waals surface area contributed by atoms with Crippen molar-refractivity contribution in [1.29, 1.82) is 0 Å². The van der Waals surface area contributed by atoms with Gasteiger partial charge in [-0.25, -0.2) is 4.79 Å². The number of hydrogen-bond donors (Lipinski definition) is 1. The van der Waals surface area contributed by atoms with E-state index in [1.807, 2.05) is 0 Å². The molecule has 1 heterocycles. The summed E-state index contributed by atoms with van der Waals surface area (Å²) in [6, 6.07) is 0. The Labute approximate surface area is 95.9 Å². The fraction of sp³-hybridized carbons (Fsp3) is 0.556. The predicted octanol–water partition coefficient (Wildman–Crippen LogP) is -0.854. The number of nitro groups is 1. The van der Waals surface area contributed by atoms with Gasteiger partial charge in [0.25, 0.3) is 0 Å². The van der Waals surface area contributed by atoms with E-state index in [0.29, 0.717) is 4.57 Å². The van der Waals surface area contributed by atoms with Crippen molar-refractivity contribution in [3.63, 3.8) is 0 Å². The molecule has 0 aliphatic heterocycles. The van der Waals surface area contributed by atoms with E-state index in [4.69, 9.17) is 5.11 Å². The summed E-state index contributed by atoms with van der Waals surface area (Å²) in [5.41, 5.74) is -2.13. The van der Waals surface area contributed by atoms with Gasteiger partial charge in [0.2, 0.25) is 0 Å². The van der Waals surface area contributed by atoms with E-state index in [1.165, 1.54) is 14.0 Å². The second-order valence-electron chi connectivity index (χ2n) is 3.57. The van der Waals surface area contributed by atoms with Gasteiger partial charge < -0.3 is 5.11 Å². The maximum absolute atomic E-state index is 11.7. The summed E-state index contributed by atoms with van der Waals surface area (Å²) < 4.78 is 1.82. The Kier molecular flexibility index (Phi) is 3.79. The van der Waals surface area contributed by atoms with Crippen molar-refractivity contribution < 1.29 is 10.0 Å². The second kappa shape index (κ2) is 4.91. The van der Waals surface area contributed by atoms with Gasteiger partial charge in [-0.05, 0) is 13.3 Å². The molecule has 0 radical (unpaired) electrons. The van der Waals surface area contributed by atoms with E-state index < -0.39 is 21.9 Å². The van der Waals surface area contributed by atoms with Crippen LogP contribution in [0.1, 0.15) is 12.1 Å². The quantitative estimate of drug-likeness (QED) is 0.547. The highest BCUT2D eigenvalue weighted by molar-refractivity contribution is 5.31. The van der Waals surface area contributed by atoms with Crippen LogP contribution < -0.4 is 11.2 Å². The molecular formula is C9H13N3O5. The molecule has 1 rings (SSSR count). The number of aliphatic hydroxyl groups excluding tert-OH is 1. The van der Waals surface area contributed by atoms with Crippen LogP contribution in [-0.4, -0.2) is 25.8 Å². The van der Waals surface area contributed by atoms with E-state index in [0.717, 1.165) is 4.57 Å². The standard InChI is InChI=1S/C9H13N3O5/c1-6-7(12(16)17)8(14)10(2)9(15)11(6)4-3-5-13/h13H,3-5H2,1-2H3. The van der Waals surface area contributed by atoms with E-state index in [9.17, 15) is 19.7 Å². The summed E-state index contributed by atoms with van der Waals surface area (Å²) >= 11 is 0. The normalized spacial score (nSPS) is 10.5. The Hall–Kier alpha value is -1.96. The van der Waals surface area contributed by atoms with Gasteiger partial charge in [0, 0.05) is 20.2 Å². The minimum atomic E-state index is -0.919. The molecule has 0 amide bonds. The summed E-state index contributed by atoms with van der Waals surface area (Å²) in [6.45, 7) is 1.34. The largest absolute Gasteiger partial charge is 0.396 e. The Morgan fingerprint density at radius 2 is 2.00 bits per heavy atom. The highest BCUT2D eigenvalue weighted by atomic mass is 16.6. The molecule has 0 aromatic carbocycles. The van der Waals surface area contributed by atoms with E-state index >= 15 is 0 Å². The number of aliphatic hydroxyl groups is 1. The van der Waals surface area contributed by atoms with Gasteiger partial charge >= 0.3 is 16.9 Å². The number of aromatic nitrogens is 2. The van der Waals surface area contributed by atoms with Crippen molar-refractivity contribution in [3.05, 3.63) is 36.6 Å². The van der Waals surface area contributed by atoms with E-state index in [1.54, 1.807) is 0 Å². The monoisotopic (exact) mass is 243 g/mol. The van der Waals surface area contributed by atoms with Gasteiger partial charge in [-0.2, -0.15) is 0 Å². The third-order valence-electron chi connectivity index (χ3n) is 2.50. The van der Waals surface area contributed by atoms with Crippen molar-refractivity contribution in [3.8, 4) is 0 Å². The zero-order valence-electron chi connectivity index (χ0n) is 9.54. The van der Waals surface area contributed by atoms with Crippen molar-refractivity contribution in [1.82, 2.24) is 9.13 Å². The second-order valence-corrected chi connectivity index (χ2v) is 3.57. The van der Waals surface area contributed by atoms with Crippen LogP contribution in [0.4, 0.5) is 5.69 Å². The average Bonchev–Trinajstić information content (AvgIpc) is 2.26. The van der Waals surface area contributed by atoms with Crippen LogP contribution in [0.25, 0.3) is 0 Å². The molecule has 0 atom stereocenters. The molecule has 1 N–H and O–H groups in total. The molecule has 0 spiro atoms. The van der Waals surface area contributed by atoms with Crippen LogP contribution in [0, 0.1) is 17.0 Å². The highest BCUT2D eigenvalue weighted by Crippen LogP contribution is 2.09. The highest BCUT2D eigenvalue weighted by Gasteiger charge is 2.23. The lowest BCUT2D eigenvalue weighted by Gasteiger charge is -2.10. The first kappa shape index (κ1) is 13.1. The molecule has 8 heteroatoms. The van der Waals surface area contributed by atoms with Gasteiger partial charge in [-0.1, -0.05) is 0 Å². The molecule has 0 bridgehead atoms. The molecule has 0 saturated heterocycles. The maximum atomic E-state index is 11.7. The first-order chi connectivity index (χ1) is 7.91. The summed E-state index contributed by atoms with van der Waals surface area (Å²) in [4.78, 5) is 33.2. The van der Waals surface area contributed by atoms with Crippen LogP contribution in [-0.2, 0) is 13.6 Å². The van der Waals surface area contributed by atoms with Crippen molar-refractivity contribution >= 4 is 5.69 Å². The Morgan fingerprint density at radius 1 is 1.41 bits per heavy atom. The SMILES string of the molecule is Cc1c([N+](=O)[O-])c(=O)n(C)c(=O)n1CCCO. The molecule has 0 aliphatic carbocycles. The lowest BCUT2D eigenvalue weighted by Crippen LogP contribution is -2.40. The lowest BCUT2D eigenvalue weighted by atomic mass is 10.3. The first-order valence-corrected chi connectivity index (χ1v) is 4.97. The summed E-state index contributed by atoms with van der Waals surface area (Å²) in [5.74, 6) is 0. The van der Waals surface area contributed by atoms with Crippen LogP contribution in [0.5, 0.6) is 0 Å². The van der Waals surface area contributed by atoms with Crippen molar-refractivity contribution in [2.75, 3.05) is 6.61 Å². The molecule has 0 unspecified atom stereocenters. The van der Waals surface area contributed by atoms with Crippen LogP contribution in [0.15, 0.2) is 9.59 Å². The van der Waals surface area contributed by atoms with Crippen LogP contribution in [0.3, 0.4) is 0 Å². The third-order valence-corrected chi connectivity index (χ3v) is 2.50. The topological polar surface area (TPSA) is 107 Å². The lowest BCUT2D eigenvalue weighted by molar-refractivity contribution is -0.387. The predicted molar refractivity (Wildman–Crippen MR) is 59.0 cm³/mol. The fourth-order valence-electron chi connectivity index (χ4n) is 1.56. The number of rotatable bonds is 4. The molecular weight excluding hydrogens is 230 g/mol. The molecule has 0 saturated carbocycles. The maximum Gasteiger partial charge on any atom is 0.353 e. The zero-order chi connectivity index (χ0) is 13.2. The molecule has 17 heavy (non-hydrogen) atoms. The van der Waals surface area contributed by atoms with Crippen LogP contribution >= 0.6 is 0 Å². The number of hydrogen-bond acceptors (Lipinski definition) is 5. The van der Waals surface area contributed by atoms with Gasteiger partial charge in [-0.15, -0.1) is 0 Å². The molecule has 8 nitrogen and oxygen atoms in total. The van der Waals surface area contributed by atoms with E-state index in [-0.39, 0.29) is 25.3 Å². The van der Waals surface area contributed by atoms with E-state index in [2.05, 4.69) is 0 Å². The van der Waals surface area contributed by atoms with Gasteiger partial charge in [0.05, 0.1) is 4.92 Å². The Bertz CT molecular complexity index is 557. The average molecular weight is 243 g/mol. The summed E-state index contributed by atoms with van der Waals surface area (Å²) in [5, 5.41) is 19.5. The van der Waals surface area contributed by atoms with Gasteiger partial charge in [0.1, 0.15) is 5.69 Å². The molecule has 94 valence electrons. The molecule has 1 aromatic rings. The van der Waals surface area contributed by atoms with Gasteiger partial charge in [0.15, 0.2) is 0 Å². The third kappa shape index (κ3) is 2.26. The van der Waals surface area contributed by atoms with Gasteiger partial charge in [-0.3, -0.25) is 24.0 Å². The Balaban J connectivity index is 3.56. The molecule has 0 fully saturated rings.